The predicted octanol–water partition coefficient (Wildman–Crippen LogP) is 4.25. The first-order valence-electron chi connectivity index (χ1n) is 8.40. The van der Waals surface area contributed by atoms with Crippen LogP contribution in [0, 0.1) is 11.6 Å². The van der Waals surface area contributed by atoms with Crippen LogP contribution in [0.15, 0.2) is 65.8 Å². The van der Waals surface area contributed by atoms with E-state index in [1.807, 2.05) is 0 Å². The van der Waals surface area contributed by atoms with Crippen molar-refractivity contribution >= 4 is 16.5 Å². The minimum Gasteiger partial charge on any atom is -0.454 e. The summed E-state index contributed by atoms with van der Waals surface area (Å²) >= 11 is 0. The van der Waals surface area contributed by atoms with E-state index in [1.54, 1.807) is 43.7 Å². The summed E-state index contributed by atoms with van der Waals surface area (Å²) in [5.74, 6) is -1.34. The SMILES string of the molecule is Cn1cc(-c2cc(N)ccc2Oc2ccc(F)cc2F)c2cnccc2c1=O. The van der Waals surface area contributed by atoms with Gasteiger partial charge in [0.2, 0.25) is 0 Å². The average molecular weight is 379 g/mol. The molecule has 0 fully saturated rings. The maximum Gasteiger partial charge on any atom is 0.258 e. The van der Waals surface area contributed by atoms with Crippen LogP contribution in [0.3, 0.4) is 0 Å². The molecule has 0 radical (unpaired) electrons. The zero-order chi connectivity index (χ0) is 19.8. The van der Waals surface area contributed by atoms with Crippen LogP contribution in [0.4, 0.5) is 14.5 Å². The molecular formula is C21H15F2N3O2. The molecule has 7 heteroatoms. The van der Waals surface area contributed by atoms with E-state index in [9.17, 15) is 13.6 Å². The molecular weight excluding hydrogens is 364 g/mol. The second kappa shape index (κ2) is 6.77. The molecule has 2 N–H and O–H groups in total. The summed E-state index contributed by atoms with van der Waals surface area (Å²) in [5.41, 5.74) is 7.45. The maximum atomic E-state index is 14.1. The Hall–Kier alpha value is -3.74. The Balaban J connectivity index is 1.94. The van der Waals surface area contributed by atoms with Gasteiger partial charge in [-0.15, -0.1) is 0 Å². The monoisotopic (exact) mass is 379 g/mol. The van der Waals surface area contributed by atoms with Gasteiger partial charge >= 0.3 is 0 Å². The number of hydrogen-bond donors (Lipinski definition) is 1. The van der Waals surface area contributed by atoms with Gasteiger partial charge in [-0.2, -0.15) is 0 Å². The number of nitrogen functional groups attached to an aromatic ring is 1. The first kappa shape index (κ1) is 17.7. The Morgan fingerprint density at radius 3 is 2.57 bits per heavy atom. The highest BCUT2D eigenvalue weighted by atomic mass is 19.1. The maximum absolute atomic E-state index is 14.1. The van der Waals surface area contributed by atoms with Gasteiger partial charge < -0.3 is 15.0 Å². The number of anilines is 1. The number of benzene rings is 2. The number of halogens is 2. The van der Waals surface area contributed by atoms with Crippen LogP contribution in [0.5, 0.6) is 11.5 Å². The summed E-state index contributed by atoms with van der Waals surface area (Å²) in [7, 11) is 1.64. The third-order valence-electron chi connectivity index (χ3n) is 4.39. The first-order valence-corrected chi connectivity index (χ1v) is 8.40. The molecule has 4 rings (SSSR count). The third kappa shape index (κ3) is 3.07. The van der Waals surface area contributed by atoms with Crippen molar-refractivity contribution < 1.29 is 13.5 Å². The van der Waals surface area contributed by atoms with Crippen molar-refractivity contribution in [3.8, 4) is 22.6 Å². The number of ether oxygens (including phenoxy) is 1. The minimum atomic E-state index is -0.824. The first-order chi connectivity index (χ1) is 13.4. The molecule has 4 aromatic rings. The topological polar surface area (TPSA) is 70.1 Å². The lowest BCUT2D eigenvalue weighted by molar-refractivity contribution is 0.439. The van der Waals surface area contributed by atoms with Crippen LogP contribution in [-0.4, -0.2) is 9.55 Å². The fourth-order valence-electron chi connectivity index (χ4n) is 3.05. The van der Waals surface area contributed by atoms with E-state index in [2.05, 4.69) is 4.98 Å². The van der Waals surface area contributed by atoms with Gasteiger partial charge in [-0.1, -0.05) is 0 Å². The van der Waals surface area contributed by atoms with Crippen LogP contribution in [0.25, 0.3) is 21.9 Å². The molecule has 0 spiro atoms. The zero-order valence-electron chi connectivity index (χ0n) is 14.8. The molecule has 0 aliphatic rings. The van der Waals surface area contributed by atoms with Crippen molar-refractivity contribution in [1.82, 2.24) is 9.55 Å². The molecule has 0 atom stereocenters. The minimum absolute atomic E-state index is 0.125. The van der Waals surface area contributed by atoms with Gasteiger partial charge in [-0.25, -0.2) is 8.78 Å². The number of rotatable bonds is 3. The Morgan fingerprint density at radius 2 is 1.79 bits per heavy atom. The van der Waals surface area contributed by atoms with Crippen molar-refractivity contribution in [1.29, 1.82) is 0 Å². The quantitative estimate of drug-likeness (QED) is 0.540. The van der Waals surface area contributed by atoms with Gasteiger partial charge in [0, 0.05) is 53.9 Å². The Kier molecular flexibility index (Phi) is 4.27. The standard InChI is InChI=1S/C21H15F2N3O2/c1-26-11-17(16-10-25-7-6-14(16)21(26)27)15-9-13(24)3-5-19(15)28-20-4-2-12(22)8-18(20)23/h2-11H,24H2,1H3. The summed E-state index contributed by atoms with van der Waals surface area (Å²) in [5, 5.41) is 1.09. The molecule has 2 aromatic heterocycles. The Bertz CT molecular complexity index is 1270. The number of aromatic nitrogens is 2. The van der Waals surface area contributed by atoms with Crippen LogP contribution < -0.4 is 16.0 Å². The second-order valence-electron chi connectivity index (χ2n) is 6.31. The molecule has 28 heavy (non-hydrogen) atoms. The van der Waals surface area contributed by atoms with Crippen LogP contribution in [-0.2, 0) is 7.05 Å². The lowest BCUT2D eigenvalue weighted by Gasteiger charge is -2.15. The molecule has 0 amide bonds. The molecule has 5 nitrogen and oxygen atoms in total. The zero-order valence-corrected chi connectivity index (χ0v) is 14.8. The lowest BCUT2D eigenvalue weighted by Crippen LogP contribution is -2.16. The number of hydrogen-bond acceptors (Lipinski definition) is 4. The summed E-state index contributed by atoms with van der Waals surface area (Å²) in [6, 6.07) is 9.59. The normalized spacial score (nSPS) is 11.0. The fourth-order valence-corrected chi connectivity index (χ4v) is 3.05. The number of fused-ring (bicyclic) bond motifs is 1. The van der Waals surface area contributed by atoms with Crippen LogP contribution >= 0.6 is 0 Å². The molecule has 2 heterocycles. The highest BCUT2D eigenvalue weighted by Gasteiger charge is 2.16. The van der Waals surface area contributed by atoms with Crippen LogP contribution in [0.2, 0.25) is 0 Å². The second-order valence-corrected chi connectivity index (χ2v) is 6.31. The Labute approximate surface area is 158 Å². The van der Waals surface area contributed by atoms with Crippen molar-refractivity contribution in [2.75, 3.05) is 5.73 Å². The van der Waals surface area contributed by atoms with Gasteiger partial charge in [0.15, 0.2) is 11.6 Å². The van der Waals surface area contributed by atoms with E-state index in [-0.39, 0.29) is 11.3 Å². The highest BCUT2D eigenvalue weighted by Crippen LogP contribution is 2.38. The predicted molar refractivity (Wildman–Crippen MR) is 103 cm³/mol. The molecule has 0 bridgehead atoms. The van der Waals surface area contributed by atoms with E-state index in [0.717, 1.165) is 12.1 Å². The summed E-state index contributed by atoms with van der Waals surface area (Å²) in [4.78, 5) is 16.5. The summed E-state index contributed by atoms with van der Waals surface area (Å²) < 4.78 is 34.4. The lowest BCUT2D eigenvalue weighted by atomic mass is 10.0. The van der Waals surface area contributed by atoms with Gasteiger partial charge in [-0.3, -0.25) is 9.78 Å². The van der Waals surface area contributed by atoms with Gasteiger partial charge in [-0.05, 0) is 36.4 Å². The number of nitrogens with zero attached hydrogens (tertiary/aromatic N) is 2. The third-order valence-corrected chi connectivity index (χ3v) is 4.39. The van der Waals surface area contributed by atoms with Gasteiger partial charge in [0.25, 0.3) is 5.56 Å². The van der Waals surface area contributed by atoms with E-state index in [0.29, 0.717) is 33.3 Å². The Morgan fingerprint density at radius 1 is 1.00 bits per heavy atom. The van der Waals surface area contributed by atoms with Crippen molar-refractivity contribution in [2.45, 2.75) is 0 Å². The molecule has 2 aromatic carbocycles. The van der Waals surface area contributed by atoms with Crippen LogP contribution in [0.1, 0.15) is 0 Å². The van der Waals surface area contributed by atoms with Gasteiger partial charge in [0.05, 0.1) is 5.39 Å². The molecule has 0 saturated heterocycles. The molecule has 140 valence electrons. The number of nitrogens with two attached hydrogens (primary N) is 1. The van der Waals surface area contributed by atoms with Crippen molar-refractivity contribution in [3.05, 3.63) is 83.0 Å². The van der Waals surface area contributed by atoms with E-state index in [4.69, 9.17) is 10.5 Å². The highest BCUT2D eigenvalue weighted by molar-refractivity contribution is 5.97. The molecule has 0 saturated carbocycles. The van der Waals surface area contributed by atoms with E-state index >= 15 is 0 Å². The van der Waals surface area contributed by atoms with E-state index < -0.39 is 11.6 Å². The summed E-state index contributed by atoms with van der Waals surface area (Å²) in [6.07, 6.45) is 4.77. The van der Waals surface area contributed by atoms with Gasteiger partial charge in [0.1, 0.15) is 11.6 Å². The number of aryl methyl sites for hydroxylation is 1. The molecule has 0 unspecified atom stereocenters. The molecule has 0 aliphatic heterocycles. The van der Waals surface area contributed by atoms with E-state index in [1.165, 1.54) is 16.8 Å². The largest absolute Gasteiger partial charge is 0.454 e. The summed E-state index contributed by atoms with van der Waals surface area (Å²) in [6.45, 7) is 0. The van der Waals surface area contributed by atoms with Crippen molar-refractivity contribution in [2.24, 2.45) is 7.05 Å². The van der Waals surface area contributed by atoms with Crippen molar-refractivity contribution in [3.63, 3.8) is 0 Å². The number of pyridine rings is 2. The molecule has 0 aliphatic carbocycles. The average Bonchev–Trinajstić information content (AvgIpc) is 2.68. The fraction of sp³-hybridized carbons (Fsp3) is 0.0476. The smallest absolute Gasteiger partial charge is 0.258 e.